The second-order valence-corrected chi connectivity index (χ2v) is 15.3. The summed E-state index contributed by atoms with van der Waals surface area (Å²) in [5.74, 6) is 1.71. The van der Waals surface area contributed by atoms with E-state index in [-0.39, 0.29) is 28.9 Å². The maximum Gasteiger partial charge on any atom is 0.358 e. The van der Waals surface area contributed by atoms with Crippen LogP contribution in [0.1, 0.15) is 54.4 Å². The van der Waals surface area contributed by atoms with Crippen molar-refractivity contribution in [3.8, 4) is 23.0 Å². The van der Waals surface area contributed by atoms with Gasteiger partial charge in [0.2, 0.25) is 0 Å². The Labute approximate surface area is 378 Å². The molecule has 0 aliphatic carbocycles. The highest BCUT2D eigenvalue weighted by Gasteiger charge is 2.21. The normalized spacial score (nSPS) is 13.0. The smallest absolute Gasteiger partial charge is 0.358 e. The number of ether oxygens (including phenoxy) is 4. The van der Waals surface area contributed by atoms with Gasteiger partial charge in [0.1, 0.15) is 0 Å². The quantitative estimate of drug-likeness (QED) is 0.0891. The van der Waals surface area contributed by atoms with Gasteiger partial charge in [-0.2, -0.15) is 0 Å². The first-order valence-electron chi connectivity index (χ1n) is 21.0. The second-order valence-electron chi connectivity index (χ2n) is 15.3. The lowest BCUT2D eigenvalue weighted by molar-refractivity contribution is 0.0691. The number of hydrogen-bond donors (Lipinski definition) is 5. The summed E-state index contributed by atoms with van der Waals surface area (Å²) in [6, 6.07) is 24.4. The molecule has 17 heteroatoms. The number of fused-ring (bicyclic) bond motifs is 2. The number of rotatable bonds is 13. The molecule has 0 spiro atoms. The molecule has 1 amide bonds. The average Bonchev–Trinajstić information content (AvgIpc) is 3.33. The van der Waals surface area contributed by atoms with Gasteiger partial charge in [-0.25, -0.2) is 24.7 Å². The zero-order chi connectivity index (χ0) is 46.3. The number of nitrogen functional groups attached to an aromatic ring is 3. The maximum absolute atomic E-state index is 12.3. The highest BCUT2D eigenvalue weighted by atomic mass is 16.5. The van der Waals surface area contributed by atoms with Crippen LogP contribution in [-0.2, 0) is 38.8 Å². The van der Waals surface area contributed by atoms with Gasteiger partial charge in [0.25, 0.3) is 5.91 Å². The lowest BCUT2D eigenvalue weighted by atomic mass is 9.98. The van der Waals surface area contributed by atoms with Crippen molar-refractivity contribution in [1.82, 2.24) is 29.7 Å². The summed E-state index contributed by atoms with van der Waals surface area (Å²) in [7, 11) is 6.71. The fourth-order valence-corrected chi connectivity index (χ4v) is 7.51. The third-order valence-electron chi connectivity index (χ3n) is 11.1. The van der Waals surface area contributed by atoms with Crippen molar-refractivity contribution < 1.29 is 33.6 Å². The van der Waals surface area contributed by atoms with Crippen LogP contribution in [0.15, 0.2) is 97.6 Å². The van der Waals surface area contributed by atoms with Gasteiger partial charge in [0.05, 0.1) is 28.4 Å². The predicted octanol–water partition coefficient (Wildman–Crippen LogP) is 5.57. The molecule has 8 rings (SSSR count). The molecule has 6 aromatic rings. The Hall–Kier alpha value is -7.50. The molecular weight excluding hydrogens is 829 g/mol. The fraction of sp³-hybridized carbons (Fsp3) is 0.292. The molecule has 0 atom stereocenters. The number of carbonyl (C=O) groups is 2. The zero-order valence-corrected chi connectivity index (χ0v) is 37.1. The number of nitrogens with one attached hydrogen (secondary N) is 1. The van der Waals surface area contributed by atoms with Crippen molar-refractivity contribution in [2.45, 2.75) is 38.8 Å². The number of carbonyl (C=O) groups excluding carboxylic acids is 1. The minimum Gasteiger partial charge on any atom is -0.493 e. The zero-order valence-electron chi connectivity index (χ0n) is 37.1. The summed E-state index contributed by atoms with van der Waals surface area (Å²) in [4.78, 5) is 42.4. The van der Waals surface area contributed by atoms with Crippen LogP contribution in [0.3, 0.4) is 0 Å². The van der Waals surface area contributed by atoms with Gasteiger partial charge in [0.15, 0.2) is 46.0 Å². The number of nitrogens with zero attached hydrogens (tertiary/aromatic N) is 6. The number of methoxy groups -OCH3 is 4. The van der Waals surface area contributed by atoms with E-state index in [1.165, 1.54) is 58.2 Å². The molecule has 2 aliphatic heterocycles. The number of amides is 1. The van der Waals surface area contributed by atoms with Crippen LogP contribution in [0.25, 0.3) is 0 Å². The average molecular weight is 885 g/mol. The van der Waals surface area contributed by atoms with E-state index in [1.807, 2.05) is 36.4 Å². The Morgan fingerprint density at radius 1 is 0.585 bits per heavy atom. The van der Waals surface area contributed by atoms with Crippen molar-refractivity contribution in [3.63, 3.8) is 0 Å². The van der Waals surface area contributed by atoms with E-state index in [0.29, 0.717) is 5.69 Å². The standard InChI is InChI=1S/C24H27N5O3.C19H24N2O2.C5H5N3O2/c1-31-20-13-17-8-12-29(15-18(17)14-21(20)32-2)11-7-16-3-5-19(6-4-16)28-24(30)22-23(25)27-10-9-26-22;1-22-18-11-15-8-10-21(13-16(15)12-19(18)23-2)9-7-14-3-5-17(20)6-4-14;6-4-3(5(9)10)7-1-2-8-4/h3-6,9-10,13-14H,7-8,11-12,15H2,1-2H3,(H2,25,27)(H,28,30);3-6,11-12H,7-10,13,20H2,1-2H3;1-2H,(H2,6,8)(H,9,10). The Morgan fingerprint density at radius 2 is 0.985 bits per heavy atom. The van der Waals surface area contributed by atoms with Crippen LogP contribution in [0, 0.1) is 0 Å². The highest BCUT2D eigenvalue weighted by Crippen LogP contribution is 2.34. The van der Waals surface area contributed by atoms with Crippen LogP contribution in [0.4, 0.5) is 23.0 Å². The van der Waals surface area contributed by atoms with Crippen molar-refractivity contribution in [2.24, 2.45) is 0 Å². The van der Waals surface area contributed by atoms with Crippen LogP contribution < -0.4 is 41.5 Å². The summed E-state index contributed by atoms with van der Waals surface area (Å²) in [5, 5.41) is 11.2. The molecule has 65 heavy (non-hydrogen) atoms. The van der Waals surface area contributed by atoms with E-state index in [1.54, 1.807) is 28.4 Å². The van der Waals surface area contributed by atoms with Crippen molar-refractivity contribution in [1.29, 1.82) is 0 Å². The molecule has 0 unspecified atom stereocenters. The van der Waals surface area contributed by atoms with Crippen molar-refractivity contribution in [3.05, 3.63) is 142 Å². The molecule has 17 nitrogen and oxygen atoms in total. The number of aromatic nitrogens is 4. The van der Waals surface area contributed by atoms with Gasteiger partial charge in [0, 0.05) is 75.4 Å². The van der Waals surface area contributed by atoms with Gasteiger partial charge < -0.3 is 46.6 Å². The minimum absolute atomic E-state index is 0.0602. The predicted molar refractivity (Wildman–Crippen MR) is 250 cm³/mol. The van der Waals surface area contributed by atoms with Gasteiger partial charge in [-0.3, -0.25) is 14.6 Å². The number of nitrogens with two attached hydrogens (primary N) is 3. The third-order valence-corrected chi connectivity index (χ3v) is 11.1. The minimum atomic E-state index is -1.16. The van der Waals surface area contributed by atoms with E-state index in [0.717, 1.165) is 93.6 Å². The van der Waals surface area contributed by atoms with Gasteiger partial charge >= 0.3 is 5.97 Å². The van der Waals surface area contributed by atoms with Crippen LogP contribution in [0.5, 0.6) is 23.0 Å². The van der Waals surface area contributed by atoms with Gasteiger partial charge in [-0.05, 0) is 108 Å². The lowest BCUT2D eigenvalue weighted by Gasteiger charge is -2.29. The molecule has 2 aliphatic rings. The summed E-state index contributed by atoms with van der Waals surface area (Å²) in [6.07, 6.45) is 9.52. The molecule has 2 aromatic heterocycles. The molecule has 340 valence electrons. The monoisotopic (exact) mass is 884 g/mol. The number of benzene rings is 4. The molecule has 0 saturated heterocycles. The number of hydrogen-bond acceptors (Lipinski definition) is 15. The van der Waals surface area contributed by atoms with Gasteiger partial charge in [-0.1, -0.05) is 24.3 Å². The topological polar surface area (TPSA) is 239 Å². The molecule has 0 bridgehead atoms. The molecule has 0 fully saturated rings. The summed E-state index contributed by atoms with van der Waals surface area (Å²) >= 11 is 0. The Kier molecular flexibility index (Phi) is 16.4. The number of aromatic carboxylic acids is 1. The summed E-state index contributed by atoms with van der Waals surface area (Å²) in [5.41, 5.74) is 25.9. The maximum atomic E-state index is 12.3. The molecule has 0 saturated carbocycles. The van der Waals surface area contributed by atoms with Crippen molar-refractivity contribution >= 4 is 34.9 Å². The molecule has 4 aromatic carbocycles. The van der Waals surface area contributed by atoms with E-state index in [2.05, 4.69) is 71.5 Å². The van der Waals surface area contributed by atoms with E-state index >= 15 is 0 Å². The van der Waals surface area contributed by atoms with Gasteiger partial charge in [-0.15, -0.1) is 0 Å². The Balaban J connectivity index is 0.000000184. The fourth-order valence-electron chi connectivity index (χ4n) is 7.51. The first-order valence-corrected chi connectivity index (χ1v) is 21.0. The molecule has 0 radical (unpaired) electrons. The second kappa shape index (κ2) is 22.7. The first kappa shape index (κ1) is 47.0. The first-order chi connectivity index (χ1) is 31.5. The Bertz CT molecular complexity index is 2540. The summed E-state index contributed by atoms with van der Waals surface area (Å²) in [6.45, 7) is 5.95. The summed E-state index contributed by atoms with van der Waals surface area (Å²) < 4.78 is 21.7. The van der Waals surface area contributed by atoms with Crippen LogP contribution in [0.2, 0.25) is 0 Å². The molecule has 8 N–H and O–H groups in total. The van der Waals surface area contributed by atoms with Crippen LogP contribution in [-0.4, -0.2) is 101 Å². The number of anilines is 4. The molecule has 4 heterocycles. The van der Waals surface area contributed by atoms with Crippen LogP contribution >= 0.6 is 0 Å². The van der Waals surface area contributed by atoms with E-state index in [9.17, 15) is 9.59 Å². The Morgan fingerprint density at radius 3 is 1.38 bits per heavy atom. The van der Waals surface area contributed by atoms with Crippen molar-refractivity contribution in [2.75, 3.05) is 77.1 Å². The highest BCUT2D eigenvalue weighted by molar-refractivity contribution is 6.05. The lowest BCUT2D eigenvalue weighted by Crippen LogP contribution is -2.32. The number of carboxylic acids is 1. The van der Waals surface area contributed by atoms with E-state index < -0.39 is 5.97 Å². The molecular formula is C48H56N10O7. The number of carboxylic acid groups (broad SMARTS) is 1. The van der Waals surface area contributed by atoms with E-state index in [4.69, 9.17) is 41.3 Å². The SMILES string of the molecule is COc1cc2c(cc1OC)CN(CCc1ccc(N)cc1)CC2.COc1cc2c(cc1OC)CN(CCc1ccc(NC(=O)c3nccnc3N)cc1)CC2.Nc1nccnc1C(=O)O. The third kappa shape index (κ3) is 12.8. The largest absolute Gasteiger partial charge is 0.493 e.